The van der Waals surface area contributed by atoms with E-state index in [9.17, 15) is 14.7 Å². The number of hydrogen-bond acceptors (Lipinski definition) is 4. The molecule has 1 saturated carbocycles. The highest BCUT2D eigenvalue weighted by atomic mass is 35.5. The van der Waals surface area contributed by atoms with Crippen molar-refractivity contribution >= 4 is 29.1 Å². The van der Waals surface area contributed by atoms with Gasteiger partial charge in [0.05, 0.1) is 23.7 Å². The van der Waals surface area contributed by atoms with Crippen LogP contribution in [0.25, 0.3) is 5.76 Å². The van der Waals surface area contributed by atoms with Crippen LogP contribution in [-0.4, -0.2) is 34.8 Å². The number of aliphatic hydroxyl groups is 1. The lowest BCUT2D eigenvalue weighted by Gasteiger charge is -2.35. The van der Waals surface area contributed by atoms with Gasteiger partial charge in [0, 0.05) is 11.6 Å². The fourth-order valence-electron chi connectivity index (χ4n) is 4.51. The van der Waals surface area contributed by atoms with Gasteiger partial charge in [0.2, 0.25) is 0 Å². The van der Waals surface area contributed by atoms with Crippen LogP contribution in [0.4, 0.5) is 0 Å². The number of Topliss-reactive ketones (excluding diaryl/α,β-unsaturated/α-hetero) is 1. The molecule has 5 nitrogen and oxygen atoms in total. The summed E-state index contributed by atoms with van der Waals surface area (Å²) >= 11 is 6.33. The van der Waals surface area contributed by atoms with Crippen LogP contribution in [0.15, 0.2) is 54.1 Å². The quantitative estimate of drug-likeness (QED) is 0.420. The summed E-state index contributed by atoms with van der Waals surface area (Å²) in [6.45, 7) is 0. The van der Waals surface area contributed by atoms with E-state index in [2.05, 4.69) is 0 Å². The minimum atomic E-state index is -0.675. The molecule has 2 aromatic rings. The Balaban J connectivity index is 1.89. The van der Waals surface area contributed by atoms with Crippen molar-refractivity contribution in [2.75, 3.05) is 7.11 Å². The van der Waals surface area contributed by atoms with E-state index in [4.69, 9.17) is 16.3 Å². The minimum Gasteiger partial charge on any atom is -0.507 e. The van der Waals surface area contributed by atoms with Crippen LogP contribution < -0.4 is 4.74 Å². The van der Waals surface area contributed by atoms with E-state index in [1.807, 2.05) is 30.3 Å². The number of rotatable bonds is 4. The average molecular weight is 426 g/mol. The molecule has 1 aliphatic heterocycles. The van der Waals surface area contributed by atoms with Crippen molar-refractivity contribution in [2.45, 2.75) is 44.2 Å². The highest BCUT2D eigenvalue weighted by Crippen LogP contribution is 2.44. The maximum atomic E-state index is 13.1. The number of halogens is 1. The van der Waals surface area contributed by atoms with Crippen LogP contribution in [0.3, 0.4) is 0 Å². The summed E-state index contributed by atoms with van der Waals surface area (Å²) < 4.78 is 5.24. The van der Waals surface area contributed by atoms with Gasteiger partial charge in [-0.05, 0) is 36.6 Å². The Morgan fingerprint density at radius 3 is 2.43 bits per heavy atom. The van der Waals surface area contributed by atoms with Gasteiger partial charge < -0.3 is 14.7 Å². The average Bonchev–Trinajstić information content (AvgIpc) is 3.05. The van der Waals surface area contributed by atoms with Crippen molar-refractivity contribution in [2.24, 2.45) is 0 Å². The Hall–Kier alpha value is -2.79. The van der Waals surface area contributed by atoms with Gasteiger partial charge in [-0.2, -0.15) is 0 Å². The minimum absolute atomic E-state index is 0.0218. The van der Waals surface area contributed by atoms with Crippen LogP contribution >= 0.6 is 11.6 Å². The highest BCUT2D eigenvalue weighted by Gasteiger charge is 2.48. The molecule has 1 heterocycles. The van der Waals surface area contributed by atoms with Crippen LogP contribution in [0.1, 0.15) is 49.3 Å². The molecule has 2 aromatic carbocycles. The molecule has 2 fully saturated rings. The normalized spacial score (nSPS) is 21.8. The number of ether oxygens (including phenoxy) is 1. The summed E-state index contributed by atoms with van der Waals surface area (Å²) in [5.41, 5.74) is 1.15. The second kappa shape index (κ2) is 8.52. The van der Waals surface area contributed by atoms with Crippen molar-refractivity contribution in [1.29, 1.82) is 0 Å². The topological polar surface area (TPSA) is 66.8 Å². The predicted octanol–water partition coefficient (Wildman–Crippen LogP) is 5.10. The first-order valence-electron chi connectivity index (χ1n) is 10.2. The number of amides is 1. The lowest BCUT2D eigenvalue weighted by molar-refractivity contribution is -0.141. The molecule has 30 heavy (non-hydrogen) atoms. The van der Waals surface area contributed by atoms with E-state index in [-0.39, 0.29) is 28.0 Å². The van der Waals surface area contributed by atoms with Crippen LogP contribution in [0.5, 0.6) is 5.75 Å². The molecule has 1 aliphatic carbocycles. The molecule has 0 bridgehead atoms. The van der Waals surface area contributed by atoms with Gasteiger partial charge in [-0.3, -0.25) is 9.59 Å². The van der Waals surface area contributed by atoms with Gasteiger partial charge in [-0.1, -0.05) is 61.2 Å². The summed E-state index contributed by atoms with van der Waals surface area (Å²) in [6, 6.07) is 13.6. The Bertz CT molecular complexity index is 996. The number of aliphatic hydroxyl groups excluding tert-OH is 1. The van der Waals surface area contributed by atoms with Crippen molar-refractivity contribution < 1.29 is 19.4 Å². The fraction of sp³-hybridized carbons (Fsp3) is 0.333. The van der Waals surface area contributed by atoms with E-state index in [0.29, 0.717) is 5.75 Å². The lowest BCUT2D eigenvalue weighted by Crippen LogP contribution is -2.40. The van der Waals surface area contributed by atoms with E-state index < -0.39 is 17.7 Å². The summed E-state index contributed by atoms with van der Waals surface area (Å²) in [5, 5.41) is 11.5. The van der Waals surface area contributed by atoms with Gasteiger partial charge in [0.25, 0.3) is 11.7 Å². The van der Waals surface area contributed by atoms with Gasteiger partial charge in [-0.25, -0.2) is 0 Å². The molecule has 1 N–H and O–H groups in total. The van der Waals surface area contributed by atoms with Gasteiger partial charge in [0.1, 0.15) is 11.5 Å². The molecule has 2 aliphatic rings. The van der Waals surface area contributed by atoms with E-state index >= 15 is 0 Å². The summed E-state index contributed by atoms with van der Waals surface area (Å²) in [6.07, 6.45) is 4.90. The first-order chi connectivity index (χ1) is 14.5. The van der Waals surface area contributed by atoms with Gasteiger partial charge in [0.15, 0.2) is 0 Å². The molecule has 6 heteroatoms. The zero-order chi connectivity index (χ0) is 21.3. The third-order valence-electron chi connectivity index (χ3n) is 5.99. The van der Waals surface area contributed by atoms with Crippen molar-refractivity contribution in [3.8, 4) is 5.75 Å². The molecule has 4 rings (SSSR count). The molecule has 1 atom stereocenters. The van der Waals surface area contributed by atoms with E-state index in [1.165, 1.54) is 7.11 Å². The Kier molecular flexibility index (Phi) is 5.82. The Morgan fingerprint density at radius 2 is 1.77 bits per heavy atom. The predicted molar refractivity (Wildman–Crippen MR) is 115 cm³/mol. The maximum absolute atomic E-state index is 13.1. The largest absolute Gasteiger partial charge is 0.507 e. The fourth-order valence-corrected chi connectivity index (χ4v) is 4.71. The zero-order valence-corrected chi connectivity index (χ0v) is 17.6. The van der Waals surface area contributed by atoms with Crippen molar-refractivity contribution in [3.05, 3.63) is 70.3 Å². The molecule has 0 radical (unpaired) electrons. The maximum Gasteiger partial charge on any atom is 0.295 e. The molecule has 0 spiro atoms. The first-order valence-corrected chi connectivity index (χ1v) is 10.6. The lowest BCUT2D eigenvalue weighted by atomic mass is 9.91. The van der Waals surface area contributed by atoms with Crippen LogP contribution in [0, 0.1) is 0 Å². The number of likely N-dealkylation sites (tertiary alicyclic amines) is 1. The number of benzene rings is 2. The molecule has 1 amide bonds. The third kappa shape index (κ3) is 3.58. The van der Waals surface area contributed by atoms with Crippen molar-refractivity contribution in [3.63, 3.8) is 0 Å². The first kappa shape index (κ1) is 20.5. The standard InChI is InChI=1S/C24H24ClNO4/c1-30-17-12-13-19(25)18(14-17)22(27)20-21(15-8-4-2-5-9-15)26(24(29)23(20)28)16-10-6-3-7-11-16/h2,4-5,8-9,12-14,16,21,27H,3,6-7,10-11H2,1H3/b22-20+. The van der Waals surface area contributed by atoms with Crippen LogP contribution in [0.2, 0.25) is 5.02 Å². The van der Waals surface area contributed by atoms with E-state index in [1.54, 1.807) is 23.1 Å². The second-order valence-corrected chi connectivity index (χ2v) is 8.16. The van der Waals surface area contributed by atoms with Crippen LogP contribution in [-0.2, 0) is 9.59 Å². The molecular weight excluding hydrogens is 402 g/mol. The monoisotopic (exact) mass is 425 g/mol. The summed E-state index contributed by atoms with van der Waals surface area (Å²) in [4.78, 5) is 27.9. The van der Waals surface area contributed by atoms with Crippen molar-refractivity contribution in [1.82, 2.24) is 4.90 Å². The SMILES string of the molecule is COc1ccc(Cl)c(/C(O)=C2\C(=O)C(=O)N(C3CCCCC3)C2c2ccccc2)c1. The van der Waals surface area contributed by atoms with Gasteiger partial charge in [-0.15, -0.1) is 0 Å². The zero-order valence-electron chi connectivity index (χ0n) is 16.8. The van der Waals surface area contributed by atoms with E-state index in [0.717, 1.165) is 37.7 Å². The third-order valence-corrected chi connectivity index (χ3v) is 6.32. The molecule has 1 unspecified atom stereocenters. The Labute approximate surface area is 180 Å². The molecular formula is C24H24ClNO4. The number of nitrogens with zero attached hydrogens (tertiary/aromatic N) is 1. The molecule has 156 valence electrons. The number of hydrogen-bond donors (Lipinski definition) is 1. The molecule has 0 aromatic heterocycles. The number of methoxy groups -OCH3 is 1. The molecule has 1 saturated heterocycles. The summed E-state index contributed by atoms with van der Waals surface area (Å²) in [5.74, 6) is -1.01. The number of ketones is 1. The highest BCUT2D eigenvalue weighted by molar-refractivity contribution is 6.47. The Morgan fingerprint density at radius 1 is 1.07 bits per heavy atom. The van der Waals surface area contributed by atoms with Gasteiger partial charge >= 0.3 is 0 Å². The number of carbonyl (C=O) groups excluding carboxylic acids is 2. The second-order valence-electron chi connectivity index (χ2n) is 7.75. The number of carbonyl (C=O) groups is 2. The summed E-state index contributed by atoms with van der Waals surface area (Å²) in [7, 11) is 1.51. The smallest absolute Gasteiger partial charge is 0.295 e.